The van der Waals surface area contributed by atoms with Crippen LogP contribution in [0.5, 0.6) is 0 Å². The number of ether oxygens (including phenoxy) is 1. The summed E-state index contributed by atoms with van der Waals surface area (Å²) in [6.07, 6.45) is 15.7. The fourth-order valence-electron chi connectivity index (χ4n) is 9.81. The molecule has 2 N–H and O–H groups in total. The van der Waals surface area contributed by atoms with E-state index in [0.717, 1.165) is 57.4 Å². The molecule has 0 aromatic heterocycles. The monoisotopic (exact) mass is 513 g/mol. The van der Waals surface area contributed by atoms with Gasteiger partial charge in [-0.05, 0) is 107 Å². The number of hydrogen-bond donors (Lipinski definition) is 2. The molecule has 37 heavy (non-hydrogen) atoms. The molecule has 5 fully saturated rings. The predicted octanol–water partition coefficient (Wildman–Crippen LogP) is 4.12. The molecule has 6 aliphatic rings. The average molecular weight is 514 g/mol. The van der Waals surface area contributed by atoms with Crippen LogP contribution in [-0.4, -0.2) is 85.2 Å². The Kier molecular flexibility index (Phi) is 7.11. The number of aliphatic hydroxyl groups is 1. The van der Waals surface area contributed by atoms with Crippen molar-refractivity contribution in [1.82, 2.24) is 15.2 Å². The van der Waals surface area contributed by atoms with Crippen molar-refractivity contribution in [2.75, 3.05) is 46.4 Å². The molecule has 208 valence electrons. The molecule has 0 bridgehead atoms. The van der Waals surface area contributed by atoms with E-state index in [-0.39, 0.29) is 5.41 Å². The zero-order valence-electron chi connectivity index (χ0n) is 23.6. The van der Waals surface area contributed by atoms with E-state index in [4.69, 9.17) is 4.74 Å². The van der Waals surface area contributed by atoms with Crippen LogP contribution in [0.4, 0.5) is 0 Å². The summed E-state index contributed by atoms with van der Waals surface area (Å²) in [4.78, 5) is 9.17. The van der Waals surface area contributed by atoms with Gasteiger partial charge in [-0.2, -0.15) is 5.10 Å². The number of likely N-dealkylation sites (tertiary alicyclic amines) is 1. The minimum atomic E-state index is -0.564. The highest BCUT2D eigenvalue weighted by Crippen LogP contribution is 2.68. The second-order valence-electron chi connectivity index (χ2n) is 13.9. The van der Waals surface area contributed by atoms with Gasteiger partial charge in [0.05, 0.1) is 24.9 Å². The summed E-state index contributed by atoms with van der Waals surface area (Å²) < 4.78 is 6.45. The van der Waals surface area contributed by atoms with Gasteiger partial charge in [0, 0.05) is 37.7 Å². The van der Waals surface area contributed by atoms with Crippen molar-refractivity contribution in [3.8, 4) is 0 Å². The minimum Gasteiger partial charge on any atom is -0.389 e. The maximum Gasteiger partial charge on any atom is 0.214 e. The molecule has 8 atom stereocenters. The molecule has 1 saturated heterocycles. The quantitative estimate of drug-likeness (QED) is 0.413. The van der Waals surface area contributed by atoms with E-state index < -0.39 is 5.60 Å². The second-order valence-corrected chi connectivity index (χ2v) is 13.9. The maximum absolute atomic E-state index is 12.4. The molecule has 0 spiro atoms. The van der Waals surface area contributed by atoms with Crippen LogP contribution in [-0.2, 0) is 4.74 Å². The number of nitrogens with zero attached hydrogens (tertiary/aromatic N) is 4. The molecular weight excluding hydrogens is 462 g/mol. The van der Waals surface area contributed by atoms with E-state index in [9.17, 15) is 5.11 Å². The van der Waals surface area contributed by atoms with E-state index in [1.807, 2.05) is 0 Å². The number of nitrogens with one attached hydrogen (secondary N) is 1. The van der Waals surface area contributed by atoms with Crippen LogP contribution in [0.1, 0.15) is 84.5 Å². The third kappa shape index (κ3) is 4.45. The molecule has 2 aliphatic heterocycles. The van der Waals surface area contributed by atoms with Crippen LogP contribution in [0, 0.1) is 34.5 Å². The highest BCUT2D eigenvalue weighted by molar-refractivity contribution is 5.81. The molecule has 0 aromatic carbocycles. The second kappa shape index (κ2) is 10.1. The average Bonchev–Trinajstić information content (AvgIpc) is 3.60. The molecule has 0 radical (unpaired) electrons. The van der Waals surface area contributed by atoms with E-state index in [1.54, 1.807) is 0 Å². The first-order valence-corrected chi connectivity index (χ1v) is 15.4. The number of guanidine groups is 1. The van der Waals surface area contributed by atoms with Gasteiger partial charge < -0.3 is 19.6 Å². The Balaban J connectivity index is 1.08. The van der Waals surface area contributed by atoms with Crippen LogP contribution in [0.2, 0.25) is 0 Å². The number of hydrogen-bond acceptors (Lipinski definition) is 7. The van der Waals surface area contributed by atoms with Crippen LogP contribution < -0.4 is 5.43 Å². The maximum atomic E-state index is 12.4. The number of aliphatic imine (C=N–C) groups is 1. The molecule has 0 amide bonds. The molecule has 7 nitrogen and oxygen atoms in total. The fourth-order valence-corrected chi connectivity index (χ4v) is 9.81. The van der Waals surface area contributed by atoms with E-state index in [2.05, 4.69) is 52.4 Å². The molecule has 0 aromatic rings. The lowest BCUT2D eigenvalue weighted by atomic mass is 9.43. The third-order valence-corrected chi connectivity index (χ3v) is 12.3. The number of fused-ring (bicyclic) bond motifs is 5. The first kappa shape index (κ1) is 26.1. The Bertz CT molecular complexity index is 889. The third-order valence-electron chi connectivity index (χ3n) is 12.3. The van der Waals surface area contributed by atoms with Crippen molar-refractivity contribution in [2.24, 2.45) is 44.6 Å². The minimum absolute atomic E-state index is 0.0815. The van der Waals surface area contributed by atoms with Gasteiger partial charge in [0.1, 0.15) is 0 Å². The van der Waals surface area contributed by atoms with E-state index in [0.29, 0.717) is 29.3 Å². The Labute approximate surface area is 224 Å². The first-order chi connectivity index (χ1) is 17.8. The molecular formula is C30H51N5O2. The highest BCUT2D eigenvalue weighted by atomic mass is 16.5. The van der Waals surface area contributed by atoms with Crippen molar-refractivity contribution in [3.63, 3.8) is 0 Å². The summed E-state index contributed by atoms with van der Waals surface area (Å²) >= 11 is 0. The van der Waals surface area contributed by atoms with Gasteiger partial charge in [0.2, 0.25) is 5.96 Å². The zero-order chi connectivity index (χ0) is 25.7. The Hall–Kier alpha value is -1.18. The molecule has 6 rings (SSSR count). The van der Waals surface area contributed by atoms with Crippen molar-refractivity contribution in [2.45, 2.75) is 96.2 Å². The number of likely N-dealkylation sites (N-methyl/N-ethyl adjacent to an activating group) is 1. The van der Waals surface area contributed by atoms with Gasteiger partial charge in [0.25, 0.3) is 0 Å². The SMILES string of the molecule is CN1CCN=C1N/N=C/[C@H]1CC[C@]2(O)[C@@H]3CC[C@@H]4C[C@@H](OCCN5CCCC5)CC[C@]4(C)[C@H]3CC[C@]12C. The first-order valence-electron chi connectivity index (χ1n) is 15.4. The van der Waals surface area contributed by atoms with Crippen molar-refractivity contribution < 1.29 is 9.84 Å². The standard InChI is InChI=1S/C30H51N5O2/c1-28-11-9-24(37-19-18-35-15-4-5-16-35)20-22(28)6-7-26-25(28)10-12-29(2)23(8-13-30(26,29)36)21-32-33-27-31-14-17-34(27)3/h21-26,36H,4-20H2,1-3H3,(H,31,33)/b32-21+/t22-,23-,24+,25+,26-,28+,29-,30+/m1/s1. The van der Waals surface area contributed by atoms with Crippen LogP contribution >= 0.6 is 0 Å². The summed E-state index contributed by atoms with van der Waals surface area (Å²) in [5, 5.41) is 17.0. The summed E-state index contributed by atoms with van der Waals surface area (Å²) in [7, 11) is 2.05. The van der Waals surface area contributed by atoms with Gasteiger partial charge in [-0.25, -0.2) is 10.4 Å². The van der Waals surface area contributed by atoms with Crippen molar-refractivity contribution >= 4 is 12.2 Å². The zero-order valence-corrected chi connectivity index (χ0v) is 23.6. The van der Waals surface area contributed by atoms with Crippen LogP contribution in [0.15, 0.2) is 10.1 Å². The normalized spacial score (nSPS) is 46.1. The molecule has 0 unspecified atom stereocenters. The lowest BCUT2D eigenvalue weighted by Crippen LogP contribution is -2.62. The largest absolute Gasteiger partial charge is 0.389 e. The smallest absolute Gasteiger partial charge is 0.214 e. The Morgan fingerprint density at radius 1 is 1.05 bits per heavy atom. The molecule has 7 heteroatoms. The number of rotatable bonds is 6. The summed E-state index contributed by atoms with van der Waals surface area (Å²) in [6.45, 7) is 11.3. The molecule has 4 saturated carbocycles. The Morgan fingerprint density at radius 2 is 1.89 bits per heavy atom. The topological polar surface area (TPSA) is 72.7 Å². The molecule has 4 aliphatic carbocycles. The molecule has 2 heterocycles. The van der Waals surface area contributed by atoms with Crippen molar-refractivity contribution in [3.05, 3.63) is 0 Å². The number of hydrazone groups is 1. The summed E-state index contributed by atoms with van der Waals surface area (Å²) in [5.41, 5.74) is 2.88. The summed E-state index contributed by atoms with van der Waals surface area (Å²) in [6, 6.07) is 0. The van der Waals surface area contributed by atoms with Gasteiger partial charge in [-0.1, -0.05) is 13.8 Å². The van der Waals surface area contributed by atoms with E-state index in [1.165, 1.54) is 64.5 Å². The van der Waals surface area contributed by atoms with E-state index >= 15 is 0 Å². The van der Waals surface area contributed by atoms with Crippen molar-refractivity contribution in [1.29, 1.82) is 0 Å². The van der Waals surface area contributed by atoms with Gasteiger partial charge in [0.15, 0.2) is 0 Å². The lowest BCUT2D eigenvalue weighted by molar-refractivity contribution is -0.207. The summed E-state index contributed by atoms with van der Waals surface area (Å²) in [5.74, 6) is 3.00. The predicted molar refractivity (Wildman–Crippen MR) is 149 cm³/mol. The van der Waals surface area contributed by atoms with Crippen LogP contribution in [0.3, 0.4) is 0 Å². The van der Waals surface area contributed by atoms with Gasteiger partial charge >= 0.3 is 0 Å². The fraction of sp³-hybridized carbons (Fsp3) is 0.933. The Morgan fingerprint density at radius 3 is 2.68 bits per heavy atom. The van der Waals surface area contributed by atoms with Gasteiger partial charge in [-0.3, -0.25) is 0 Å². The van der Waals surface area contributed by atoms with Crippen LogP contribution in [0.25, 0.3) is 0 Å². The highest BCUT2D eigenvalue weighted by Gasteiger charge is 2.67. The lowest BCUT2D eigenvalue weighted by Gasteiger charge is -2.63. The van der Waals surface area contributed by atoms with Gasteiger partial charge in [-0.15, -0.1) is 0 Å².